The molecule has 0 saturated carbocycles. The van der Waals surface area contributed by atoms with E-state index in [1.54, 1.807) is 19.1 Å². The second kappa shape index (κ2) is 5.45. The van der Waals surface area contributed by atoms with E-state index >= 15 is 0 Å². The summed E-state index contributed by atoms with van der Waals surface area (Å²) in [7, 11) is 0. The molecule has 0 radical (unpaired) electrons. The zero-order chi connectivity index (χ0) is 15.6. The molecule has 0 saturated heterocycles. The Morgan fingerprint density at radius 2 is 2.05 bits per heavy atom. The number of nitrogens with one attached hydrogen (secondary N) is 2. The summed E-state index contributed by atoms with van der Waals surface area (Å²) in [6.45, 7) is 1.62. The number of amides is 2. The molecule has 0 aliphatic carbocycles. The van der Waals surface area contributed by atoms with E-state index in [0.29, 0.717) is 11.3 Å². The molecule has 0 unspecified atom stereocenters. The molecule has 5 N–H and O–H groups in total. The standard InChI is InChI=1S/C13H12N4O4/c1-6-7(11(14)18)3-2-4-8(6)17-12(19)9-10(13(20)21)16-5-15-9/h2-5H,1H3,(H2,14,18)(H,15,16)(H,17,19)(H,20,21). The van der Waals surface area contributed by atoms with E-state index in [2.05, 4.69) is 15.3 Å². The number of rotatable bonds is 4. The summed E-state index contributed by atoms with van der Waals surface area (Å²) in [4.78, 5) is 40.3. The van der Waals surface area contributed by atoms with Crippen molar-refractivity contribution in [3.8, 4) is 0 Å². The van der Waals surface area contributed by atoms with Gasteiger partial charge in [0.15, 0.2) is 11.4 Å². The monoisotopic (exact) mass is 288 g/mol. The molecule has 0 fully saturated rings. The predicted octanol–water partition coefficient (Wildman–Crippen LogP) is 0.768. The number of nitrogens with zero attached hydrogens (tertiary/aromatic N) is 1. The number of benzene rings is 1. The molecule has 0 spiro atoms. The van der Waals surface area contributed by atoms with Crippen LogP contribution in [-0.2, 0) is 0 Å². The zero-order valence-electron chi connectivity index (χ0n) is 11.0. The van der Waals surface area contributed by atoms with Crippen LogP contribution in [0, 0.1) is 6.92 Å². The molecule has 8 nitrogen and oxygen atoms in total. The minimum atomic E-state index is -1.29. The van der Waals surface area contributed by atoms with Gasteiger partial charge in [-0.2, -0.15) is 0 Å². The summed E-state index contributed by atoms with van der Waals surface area (Å²) in [5.74, 6) is -2.60. The van der Waals surface area contributed by atoms with Crippen molar-refractivity contribution in [2.24, 2.45) is 5.73 Å². The zero-order valence-corrected chi connectivity index (χ0v) is 11.0. The highest BCUT2D eigenvalue weighted by atomic mass is 16.4. The summed E-state index contributed by atoms with van der Waals surface area (Å²) in [6.07, 6.45) is 1.12. The molecule has 0 bridgehead atoms. The van der Waals surface area contributed by atoms with Crippen LogP contribution in [0.25, 0.3) is 0 Å². The Bertz CT molecular complexity index is 736. The molecule has 0 aliphatic heterocycles. The van der Waals surface area contributed by atoms with Crippen molar-refractivity contribution in [3.63, 3.8) is 0 Å². The molecule has 1 aromatic heterocycles. The predicted molar refractivity (Wildman–Crippen MR) is 73.2 cm³/mol. The normalized spacial score (nSPS) is 10.1. The number of carboxylic acid groups (broad SMARTS) is 1. The van der Waals surface area contributed by atoms with Gasteiger partial charge in [-0.05, 0) is 24.6 Å². The molecule has 2 aromatic rings. The highest BCUT2D eigenvalue weighted by molar-refractivity contribution is 6.09. The first kappa shape index (κ1) is 14.3. The van der Waals surface area contributed by atoms with Crippen LogP contribution in [-0.4, -0.2) is 32.9 Å². The van der Waals surface area contributed by atoms with Gasteiger partial charge in [0.2, 0.25) is 5.91 Å². The Morgan fingerprint density at radius 1 is 1.33 bits per heavy atom. The number of aromatic nitrogens is 2. The lowest BCUT2D eigenvalue weighted by atomic mass is 10.1. The smallest absolute Gasteiger partial charge is 0.354 e. The summed E-state index contributed by atoms with van der Waals surface area (Å²) in [6, 6.07) is 4.67. The second-order valence-electron chi connectivity index (χ2n) is 4.23. The fraction of sp³-hybridized carbons (Fsp3) is 0.0769. The molecule has 1 heterocycles. The van der Waals surface area contributed by atoms with Gasteiger partial charge in [-0.1, -0.05) is 6.07 Å². The number of nitrogens with two attached hydrogens (primary N) is 1. The lowest BCUT2D eigenvalue weighted by Crippen LogP contribution is -2.19. The molecule has 1 aromatic carbocycles. The Morgan fingerprint density at radius 3 is 2.67 bits per heavy atom. The molecular formula is C13H12N4O4. The number of primary amides is 1. The minimum Gasteiger partial charge on any atom is -0.477 e. The largest absolute Gasteiger partial charge is 0.477 e. The Balaban J connectivity index is 2.32. The quantitative estimate of drug-likeness (QED) is 0.658. The molecule has 0 aliphatic rings. The molecule has 8 heteroatoms. The third-order valence-corrected chi connectivity index (χ3v) is 2.92. The first-order chi connectivity index (χ1) is 9.91. The van der Waals surface area contributed by atoms with Crippen molar-refractivity contribution in [1.82, 2.24) is 9.97 Å². The van der Waals surface area contributed by atoms with Crippen molar-refractivity contribution in [2.45, 2.75) is 6.92 Å². The number of H-pyrrole nitrogens is 1. The van der Waals surface area contributed by atoms with Crippen LogP contribution in [0.1, 0.15) is 36.9 Å². The number of carbonyl (C=O) groups is 3. The van der Waals surface area contributed by atoms with Gasteiger partial charge >= 0.3 is 5.97 Å². The van der Waals surface area contributed by atoms with Gasteiger partial charge < -0.3 is 21.1 Å². The minimum absolute atomic E-state index is 0.244. The van der Waals surface area contributed by atoms with E-state index in [1.165, 1.54) is 6.07 Å². The first-order valence-corrected chi connectivity index (χ1v) is 5.89. The van der Waals surface area contributed by atoms with Gasteiger partial charge in [-0.3, -0.25) is 9.59 Å². The Kier molecular flexibility index (Phi) is 3.70. The maximum absolute atomic E-state index is 12.1. The van der Waals surface area contributed by atoms with Crippen molar-refractivity contribution in [1.29, 1.82) is 0 Å². The number of carbonyl (C=O) groups excluding carboxylic acids is 2. The summed E-state index contributed by atoms with van der Waals surface area (Å²) >= 11 is 0. The Hall–Kier alpha value is -3.16. The van der Waals surface area contributed by atoms with Crippen LogP contribution in [0.3, 0.4) is 0 Å². The number of imidazole rings is 1. The number of aromatic carboxylic acids is 1. The van der Waals surface area contributed by atoms with Crippen LogP contribution < -0.4 is 11.1 Å². The lowest BCUT2D eigenvalue weighted by molar-refractivity contribution is 0.0686. The topological polar surface area (TPSA) is 138 Å². The van der Waals surface area contributed by atoms with E-state index in [1.807, 2.05) is 0 Å². The van der Waals surface area contributed by atoms with Gasteiger partial charge in [-0.15, -0.1) is 0 Å². The average Bonchev–Trinajstić information content (AvgIpc) is 2.90. The van der Waals surface area contributed by atoms with E-state index in [-0.39, 0.29) is 17.0 Å². The maximum Gasteiger partial charge on any atom is 0.354 e. The Labute approximate surface area is 119 Å². The van der Waals surface area contributed by atoms with Crippen molar-refractivity contribution >= 4 is 23.5 Å². The molecular weight excluding hydrogens is 276 g/mol. The van der Waals surface area contributed by atoms with Crippen LogP contribution in [0.5, 0.6) is 0 Å². The number of anilines is 1. The van der Waals surface area contributed by atoms with Crippen LogP contribution in [0.4, 0.5) is 5.69 Å². The van der Waals surface area contributed by atoms with Crippen LogP contribution in [0.15, 0.2) is 24.5 Å². The SMILES string of the molecule is Cc1c(NC(=O)c2nc[nH]c2C(=O)O)cccc1C(N)=O. The maximum atomic E-state index is 12.1. The molecule has 108 valence electrons. The average molecular weight is 288 g/mol. The van der Waals surface area contributed by atoms with Crippen LogP contribution in [0.2, 0.25) is 0 Å². The fourth-order valence-corrected chi connectivity index (χ4v) is 1.85. The number of hydrogen-bond donors (Lipinski definition) is 4. The highest BCUT2D eigenvalue weighted by Gasteiger charge is 2.20. The van der Waals surface area contributed by atoms with Crippen molar-refractivity contribution < 1.29 is 19.5 Å². The van der Waals surface area contributed by atoms with E-state index in [0.717, 1.165) is 6.33 Å². The summed E-state index contributed by atoms with van der Waals surface area (Å²) < 4.78 is 0. The number of hydrogen-bond acceptors (Lipinski definition) is 4. The lowest BCUT2D eigenvalue weighted by Gasteiger charge is -2.10. The van der Waals surface area contributed by atoms with Gasteiger partial charge in [-0.25, -0.2) is 9.78 Å². The molecule has 21 heavy (non-hydrogen) atoms. The van der Waals surface area contributed by atoms with Gasteiger partial charge in [0.25, 0.3) is 5.91 Å². The van der Waals surface area contributed by atoms with E-state index in [9.17, 15) is 14.4 Å². The van der Waals surface area contributed by atoms with Gasteiger partial charge in [0.1, 0.15) is 0 Å². The molecule has 2 amide bonds. The fourth-order valence-electron chi connectivity index (χ4n) is 1.85. The highest BCUT2D eigenvalue weighted by Crippen LogP contribution is 2.19. The first-order valence-electron chi connectivity index (χ1n) is 5.89. The van der Waals surface area contributed by atoms with Crippen LogP contribution >= 0.6 is 0 Å². The second-order valence-corrected chi connectivity index (χ2v) is 4.23. The number of carboxylic acids is 1. The third kappa shape index (κ3) is 2.73. The van der Waals surface area contributed by atoms with Gasteiger partial charge in [0.05, 0.1) is 6.33 Å². The van der Waals surface area contributed by atoms with Gasteiger partial charge in [0, 0.05) is 11.3 Å². The summed E-state index contributed by atoms with van der Waals surface area (Å²) in [5, 5.41) is 11.4. The van der Waals surface area contributed by atoms with E-state index < -0.39 is 17.8 Å². The van der Waals surface area contributed by atoms with Crippen molar-refractivity contribution in [2.75, 3.05) is 5.32 Å². The van der Waals surface area contributed by atoms with Crippen molar-refractivity contribution in [3.05, 3.63) is 47.0 Å². The molecule has 0 atom stereocenters. The third-order valence-electron chi connectivity index (χ3n) is 2.92. The van der Waals surface area contributed by atoms with E-state index in [4.69, 9.17) is 10.8 Å². The molecule has 2 rings (SSSR count). The number of aromatic amines is 1. The summed E-state index contributed by atoms with van der Waals surface area (Å²) in [5.41, 5.74) is 5.79.